The van der Waals surface area contributed by atoms with Crippen LogP contribution in [-0.4, -0.2) is 24.5 Å². The minimum atomic E-state index is -1.47. The monoisotopic (exact) mass is 379 g/mol. The number of carbonyl (C=O) groups is 3. The van der Waals surface area contributed by atoms with E-state index in [1.54, 1.807) is 31.3 Å². The number of ketones is 2. The second kappa shape index (κ2) is 6.17. The average Bonchev–Trinajstić information content (AvgIpc) is 2.87. The summed E-state index contributed by atoms with van der Waals surface area (Å²) in [6, 6.07) is 14.4. The summed E-state index contributed by atoms with van der Waals surface area (Å²) in [7, 11) is 1.65. The molecule has 27 heavy (non-hydrogen) atoms. The molecule has 5 heteroatoms. The summed E-state index contributed by atoms with van der Waals surface area (Å²) in [5.41, 5.74) is 1.43. The van der Waals surface area contributed by atoms with Crippen molar-refractivity contribution in [1.82, 2.24) is 0 Å². The van der Waals surface area contributed by atoms with Crippen LogP contribution in [0.15, 0.2) is 54.6 Å². The second-order valence-electron chi connectivity index (χ2n) is 7.10. The van der Waals surface area contributed by atoms with Crippen LogP contribution in [0.25, 0.3) is 5.57 Å². The number of anilines is 1. The Morgan fingerprint density at radius 2 is 1.78 bits per heavy atom. The SMILES string of the molecule is CC(=O)[C@H]1CC(c2ccc(Cl)cc2)=CC(=O)[C@]12C(=O)N(C)c1ccccc12. The zero-order valence-corrected chi connectivity index (χ0v) is 15.8. The maximum absolute atomic E-state index is 13.4. The van der Waals surface area contributed by atoms with Gasteiger partial charge < -0.3 is 4.90 Å². The second-order valence-corrected chi connectivity index (χ2v) is 7.53. The van der Waals surface area contributed by atoms with Gasteiger partial charge >= 0.3 is 0 Å². The minimum Gasteiger partial charge on any atom is -0.314 e. The fraction of sp³-hybridized carbons (Fsp3) is 0.227. The lowest BCUT2D eigenvalue weighted by molar-refractivity contribution is -0.140. The maximum Gasteiger partial charge on any atom is 0.246 e. The molecule has 4 rings (SSSR count). The van der Waals surface area contributed by atoms with Crippen LogP contribution in [0.5, 0.6) is 0 Å². The summed E-state index contributed by atoms with van der Waals surface area (Å²) in [6.07, 6.45) is 1.85. The quantitative estimate of drug-likeness (QED) is 0.745. The largest absolute Gasteiger partial charge is 0.314 e. The highest BCUT2D eigenvalue weighted by molar-refractivity contribution is 6.31. The lowest BCUT2D eigenvalue weighted by atomic mass is 9.61. The molecule has 0 unspecified atom stereocenters. The van der Waals surface area contributed by atoms with Crippen molar-refractivity contribution in [2.24, 2.45) is 5.92 Å². The molecular formula is C22H18ClNO3. The maximum atomic E-state index is 13.4. The van der Waals surface area contributed by atoms with Crippen molar-refractivity contribution in [3.05, 3.63) is 70.8 Å². The van der Waals surface area contributed by atoms with Gasteiger partial charge in [0.1, 0.15) is 11.2 Å². The van der Waals surface area contributed by atoms with Crippen molar-refractivity contribution in [2.75, 3.05) is 11.9 Å². The van der Waals surface area contributed by atoms with Gasteiger partial charge in [-0.3, -0.25) is 14.4 Å². The number of rotatable bonds is 2. The van der Waals surface area contributed by atoms with Crippen molar-refractivity contribution >= 4 is 40.3 Å². The summed E-state index contributed by atoms with van der Waals surface area (Å²) in [4.78, 5) is 40.8. The van der Waals surface area contributed by atoms with E-state index in [2.05, 4.69) is 0 Å². The topological polar surface area (TPSA) is 54.5 Å². The number of benzene rings is 2. The minimum absolute atomic E-state index is 0.165. The van der Waals surface area contributed by atoms with Gasteiger partial charge in [0.05, 0.1) is 0 Å². The van der Waals surface area contributed by atoms with Crippen molar-refractivity contribution in [3.63, 3.8) is 0 Å². The molecule has 2 atom stereocenters. The van der Waals surface area contributed by atoms with Crippen molar-refractivity contribution in [3.8, 4) is 0 Å². The molecule has 0 N–H and O–H groups in total. The number of para-hydroxylation sites is 1. The van der Waals surface area contributed by atoms with Crippen LogP contribution in [0.4, 0.5) is 5.69 Å². The predicted octanol–water partition coefficient (Wildman–Crippen LogP) is 3.82. The third-order valence-electron chi connectivity index (χ3n) is 5.68. The van der Waals surface area contributed by atoms with Crippen molar-refractivity contribution < 1.29 is 14.4 Å². The summed E-state index contributed by atoms with van der Waals surface area (Å²) in [6.45, 7) is 1.46. The molecule has 2 aromatic rings. The number of Topliss-reactive ketones (excluding diaryl/α,β-unsaturated/α-hetero) is 1. The van der Waals surface area contributed by atoms with E-state index < -0.39 is 11.3 Å². The number of hydrogen-bond acceptors (Lipinski definition) is 3. The third kappa shape index (κ3) is 2.40. The zero-order valence-electron chi connectivity index (χ0n) is 15.0. The smallest absolute Gasteiger partial charge is 0.246 e. The van der Waals surface area contributed by atoms with E-state index in [0.717, 1.165) is 11.1 Å². The number of nitrogens with zero attached hydrogens (tertiary/aromatic N) is 1. The molecule has 0 saturated carbocycles. The van der Waals surface area contributed by atoms with Gasteiger partial charge in [0.2, 0.25) is 5.91 Å². The van der Waals surface area contributed by atoms with Crippen LogP contribution < -0.4 is 4.90 Å². The Hall–Kier alpha value is -2.72. The van der Waals surface area contributed by atoms with E-state index in [1.807, 2.05) is 24.3 Å². The van der Waals surface area contributed by atoms with Crippen LogP contribution in [-0.2, 0) is 19.8 Å². The number of halogens is 1. The normalized spacial score (nSPS) is 24.2. The molecule has 1 spiro atoms. The highest BCUT2D eigenvalue weighted by Crippen LogP contribution is 2.51. The van der Waals surface area contributed by atoms with Crippen LogP contribution in [0.3, 0.4) is 0 Å². The Bertz CT molecular complexity index is 1010. The molecule has 4 nitrogen and oxygen atoms in total. The Morgan fingerprint density at radius 1 is 1.11 bits per heavy atom. The number of likely N-dealkylation sites (N-methyl/N-ethyl adjacent to an activating group) is 1. The molecule has 1 heterocycles. The van der Waals surface area contributed by atoms with E-state index in [1.165, 1.54) is 17.9 Å². The molecule has 0 saturated heterocycles. The molecular weight excluding hydrogens is 362 g/mol. The van der Waals surface area contributed by atoms with Crippen LogP contribution in [0, 0.1) is 5.92 Å². The Balaban J connectivity index is 1.92. The first kappa shape index (κ1) is 17.7. The molecule has 0 bridgehead atoms. The van der Waals surface area contributed by atoms with Gasteiger partial charge in [-0.15, -0.1) is 0 Å². The fourth-order valence-corrected chi connectivity index (χ4v) is 4.48. The Morgan fingerprint density at radius 3 is 2.44 bits per heavy atom. The highest BCUT2D eigenvalue weighted by Gasteiger charge is 2.61. The molecule has 0 radical (unpaired) electrons. The number of fused-ring (bicyclic) bond motifs is 2. The standard InChI is InChI=1S/C22H18ClNO3/c1-13(25)18-11-15(14-7-9-16(23)10-8-14)12-20(26)22(18)17-5-3-4-6-19(17)24(2)21(22)27/h3-10,12,18H,11H2,1-2H3/t18-,22-/m1/s1. The first-order valence-electron chi connectivity index (χ1n) is 8.76. The van der Waals surface area contributed by atoms with E-state index in [4.69, 9.17) is 11.6 Å². The first-order chi connectivity index (χ1) is 12.9. The molecule has 0 aromatic heterocycles. The molecule has 1 amide bonds. The number of allylic oxidation sites excluding steroid dienone is 2. The van der Waals surface area contributed by atoms with Gasteiger partial charge in [0.15, 0.2) is 5.78 Å². The third-order valence-corrected chi connectivity index (χ3v) is 5.93. The van der Waals surface area contributed by atoms with E-state index in [0.29, 0.717) is 22.7 Å². The molecule has 0 fully saturated rings. The predicted molar refractivity (Wildman–Crippen MR) is 105 cm³/mol. The Labute approximate surface area is 162 Å². The highest BCUT2D eigenvalue weighted by atomic mass is 35.5. The van der Waals surface area contributed by atoms with Gasteiger partial charge in [0, 0.05) is 23.7 Å². The van der Waals surface area contributed by atoms with Crippen molar-refractivity contribution in [1.29, 1.82) is 0 Å². The van der Waals surface area contributed by atoms with Crippen molar-refractivity contribution in [2.45, 2.75) is 18.8 Å². The van der Waals surface area contributed by atoms with Gasteiger partial charge in [-0.2, -0.15) is 0 Å². The van der Waals surface area contributed by atoms with Gasteiger partial charge in [0.25, 0.3) is 0 Å². The summed E-state index contributed by atoms with van der Waals surface area (Å²) in [5, 5.41) is 0.600. The molecule has 1 aliphatic carbocycles. The average molecular weight is 380 g/mol. The molecule has 1 aliphatic heterocycles. The van der Waals surface area contributed by atoms with E-state index in [9.17, 15) is 14.4 Å². The van der Waals surface area contributed by atoms with Gasteiger partial charge in [-0.1, -0.05) is 41.9 Å². The van der Waals surface area contributed by atoms with Crippen LogP contribution in [0.2, 0.25) is 5.02 Å². The lowest BCUT2D eigenvalue weighted by Gasteiger charge is -2.37. The number of carbonyl (C=O) groups excluding carboxylic acids is 3. The fourth-order valence-electron chi connectivity index (χ4n) is 4.35. The number of amides is 1. The van der Waals surface area contributed by atoms with E-state index >= 15 is 0 Å². The van der Waals surface area contributed by atoms with E-state index in [-0.39, 0.29) is 17.5 Å². The van der Waals surface area contributed by atoms with Gasteiger partial charge in [-0.05, 0) is 54.3 Å². The van der Waals surface area contributed by atoms with Gasteiger partial charge in [-0.25, -0.2) is 0 Å². The first-order valence-corrected chi connectivity index (χ1v) is 9.14. The number of hydrogen-bond donors (Lipinski definition) is 0. The zero-order chi connectivity index (χ0) is 19.3. The summed E-state index contributed by atoms with van der Waals surface area (Å²) >= 11 is 5.96. The summed E-state index contributed by atoms with van der Waals surface area (Å²) < 4.78 is 0. The molecule has 136 valence electrons. The lowest BCUT2D eigenvalue weighted by Crippen LogP contribution is -2.54. The van der Waals surface area contributed by atoms with Crippen LogP contribution >= 0.6 is 11.6 Å². The molecule has 2 aromatic carbocycles. The summed E-state index contributed by atoms with van der Waals surface area (Å²) in [5.74, 6) is -1.57. The van der Waals surface area contributed by atoms with Crippen LogP contribution in [0.1, 0.15) is 24.5 Å². The Kier molecular flexibility index (Phi) is 4.04. The molecule has 2 aliphatic rings.